The zero-order chi connectivity index (χ0) is 17.8. The Hall–Kier alpha value is -2.08. The van der Waals surface area contributed by atoms with Gasteiger partial charge in [-0.3, -0.25) is 4.79 Å². The van der Waals surface area contributed by atoms with Gasteiger partial charge in [0, 0.05) is 30.7 Å². The van der Waals surface area contributed by atoms with Crippen LogP contribution in [0.5, 0.6) is 5.75 Å². The second-order valence-electron chi connectivity index (χ2n) is 5.80. The molecule has 1 heterocycles. The Morgan fingerprint density at radius 2 is 1.88 bits per heavy atom. The number of para-hydroxylation sites is 2. The van der Waals surface area contributed by atoms with E-state index in [-0.39, 0.29) is 11.5 Å². The number of benzene rings is 2. The Labute approximate surface area is 155 Å². The first-order chi connectivity index (χ1) is 12.1. The average Bonchev–Trinajstić information content (AvgIpc) is 2.64. The van der Waals surface area contributed by atoms with Crippen LogP contribution in [0.3, 0.4) is 0 Å². The summed E-state index contributed by atoms with van der Waals surface area (Å²) in [6, 6.07) is 12.3. The van der Waals surface area contributed by atoms with Gasteiger partial charge in [0.25, 0.3) is 5.91 Å². The standard InChI is InChI=1S/C19H20BrFN2O2/c1-2-25-18-6-4-3-5-17(18)22-9-11-23(12-10-22)19(24)15-13-14(20)7-8-16(15)21/h3-8,13H,2,9-12H2,1H3. The third kappa shape index (κ3) is 3.95. The van der Waals surface area contributed by atoms with Gasteiger partial charge in [-0.25, -0.2) is 4.39 Å². The zero-order valence-electron chi connectivity index (χ0n) is 14.0. The number of rotatable bonds is 4. The lowest BCUT2D eigenvalue weighted by molar-refractivity contribution is 0.0742. The van der Waals surface area contributed by atoms with Crippen molar-refractivity contribution in [2.75, 3.05) is 37.7 Å². The first-order valence-corrected chi connectivity index (χ1v) is 9.10. The fraction of sp³-hybridized carbons (Fsp3) is 0.316. The van der Waals surface area contributed by atoms with E-state index in [4.69, 9.17) is 4.74 Å². The van der Waals surface area contributed by atoms with Crippen molar-refractivity contribution in [3.63, 3.8) is 0 Å². The molecule has 4 nitrogen and oxygen atoms in total. The summed E-state index contributed by atoms with van der Waals surface area (Å²) in [4.78, 5) is 16.5. The molecule has 0 saturated carbocycles. The summed E-state index contributed by atoms with van der Waals surface area (Å²) < 4.78 is 20.3. The van der Waals surface area contributed by atoms with Crippen LogP contribution in [-0.4, -0.2) is 43.6 Å². The number of anilines is 1. The van der Waals surface area contributed by atoms with Gasteiger partial charge in [0.1, 0.15) is 11.6 Å². The van der Waals surface area contributed by atoms with Crippen molar-refractivity contribution in [2.45, 2.75) is 6.92 Å². The Bertz CT molecular complexity index is 761. The van der Waals surface area contributed by atoms with Crippen LogP contribution in [0.4, 0.5) is 10.1 Å². The second-order valence-corrected chi connectivity index (χ2v) is 6.72. The van der Waals surface area contributed by atoms with Crippen molar-refractivity contribution in [1.82, 2.24) is 4.90 Å². The Balaban J connectivity index is 1.70. The molecule has 0 radical (unpaired) electrons. The molecule has 0 aliphatic carbocycles. The molecule has 2 aromatic rings. The topological polar surface area (TPSA) is 32.8 Å². The van der Waals surface area contributed by atoms with Crippen LogP contribution in [-0.2, 0) is 0 Å². The lowest BCUT2D eigenvalue weighted by Gasteiger charge is -2.36. The minimum Gasteiger partial charge on any atom is -0.492 e. The molecule has 3 rings (SSSR count). The third-order valence-electron chi connectivity index (χ3n) is 4.23. The monoisotopic (exact) mass is 406 g/mol. The van der Waals surface area contributed by atoms with Crippen molar-refractivity contribution < 1.29 is 13.9 Å². The van der Waals surface area contributed by atoms with E-state index in [0.717, 1.165) is 11.4 Å². The molecule has 0 unspecified atom stereocenters. The van der Waals surface area contributed by atoms with Crippen molar-refractivity contribution in [3.05, 3.63) is 58.3 Å². The van der Waals surface area contributed by atoms with Crippen molar-refractivity contribution in [1.29, 1.82) is 0 Å². The number of nitrogens with zero attached hydrogens (tertiary/aromatic N) is 2. The number of carbonyl (C=O) groups excluding carboxylic acids is 1. The first-order valence-electron chi connectivity index (χ1n) is 8.31. The van der Waals surface area contributed by atoms with E-state index in [2.05, 4.69) is 20.8 Å². The van der Waals surface area contributed by atoms with E-state index >= 15 is 0 Å². The molecule has 1 aliphatic rings. The number of ether oxygens (including phenoxy) is 1. The van der Waals surface area contributed by atoms with E-state index < -0.39 is 5.82 Å². The van der Waals surface area contributed by atoms with E-state index in [9.17, 15) is 9.18 Å². The lowest BCUT2D eigenvalue weighted by atomic mass is 10.1. The highest BCUT2D eigenvalue weighted by atomic mass is 79.9. The van der Waals surface area contributed by atoms with Crippen LogP contribution in [0.15, 0.2) is 46.9 Å². The van der Waals surface area contributed by atoms with Gasteiger partial charge < -0.3 is 14.5 Å². The molecule has 1 amide bonds. The molecule has 2 aromatic carbocycles. The van der Waals surface area contributed by atoms with Gasteiger partial charge in [-0.2, -0.15) is 0 Å². The van der Waals surface area contributed by atoms with Gasteiger partial charge in [-0.05, 0) is 37.3 Å². The van der Waals surface area contributed by atoms with Crippen LogP contribution in [0.25, 0.3) is 0 Å². The SMILES string of the molecule is CCOc1ccccc1N1CCN(C(=O)c2cc(Br)ccc2F)CC1. The van der Waals surface area contributed by atoms with E-state index in [1.54, 1.807) is 11.0 Å². The molecule has 132 valence electrons. The Morgan fingerprint density at radius 3 is 2.60 bits per heavy atom. The second kappa shape index (κ2) is 7.87. The third-order valence-corrected chi connectivity index (χ3v) is 4.72. The summed E-state index contributed by atoms with van der Waals surface area (Å²) in [6.07, 6.45) is 0. The predicted molar refractivity (Wildman–Crippen MR) is 99.8 cm³/mol. The summed E-state index contributed by atoms with van der Waals surface area (Å²) in [6.45, 7) is 5.03. The molecule has 0 N–H and O–H groups in total. The molecule has 1 saturated heterocycles. The van der Waals surface area contributed by atoms with Crippen molar-refractivity contribution in [3.8, 4) is 5.75 Å². The minimum absolute atomic E-state index is 0.109. The number of carbonyl (C=O) groups is 1. The highest BCUT2D eigenvalue weighted by Crippen LogP contribution is 2.29. The molecule has 0 spiro atoms. The summed E-state index contributed by atoms with van der Waals surface area (Å²) in [7, 11) is 0. The highest BCUT2D eigenvalue weighted by Gasteiger charge is 2.25. The van der Waals surface area contributed by atoms with Crippen LogP contribution < -0.4 is 9.64 Å². The number of halogens is 2. The Kier molecular flexibility index (Phi) is 5.58. The van der Waals surface area contributed by atoms with Crippen molar-refractivity contribution in [2.24, 2.45) is 0 Å². The number of hydrogen-bond acceptors (Lipinski definition) is 3. The number of piperazine rings is 1. The molecule has 0 atom stereocenters. The van der Waals surface area contributed by atoms with E-state index in [1.807, 2.05) is 31.2 Å². The van der Waals surface area contributed by atoms with Crippen LogP contribution in [0, 0.1) is 5.82 Å². The fourth-order valence-electron chi connectivity index (χ4n) is 2.98. The molecule has 0 bridgehead atoms. The maximum atomic E-state index is 14.0. The minimum atomic E-state index is -0.489. The van der Waals surface area contributed by atoms with Gasteiger partial charge in [0.15, 0.2) is 0 Å². The van der Waals surface area contributed by atoms with Crippen LogP contribution in [0.1, 0.15) is 17.3 Å². The lowest BCUT2D eigenvalue weighted by Crippen LogP contribution is -2.49. The van der Waals surface area contributed by atoms with E-state index in [1.165, 1.54) is 12.1 Å². The van der Waals surface area contributed by atoms with Crippen LogP contribution >= 0.6 is 15.9 Å². The molecule has 1 aliphatic heterocycles. The first kappa shape index (κ1) is 17.7. The zero-order valence-corrected chi connectivity index (χ0v) is 15.6. The Morgan fingerprint density at radius 1 is 1.16 bits per heavy atom. The molecule has 6 heteroatoms. The quantitative estimate of drug-likeness (QED) is 0.770. The number of hydrogen-bond donors (Lipinski definition) is 0. The maximum Gasteiger partial charge on any atom is 0.256 e. The normalized spacial score (nSPS) is 14.5. The van der Waals surface area contributed by atoms with Crippen LogP contribution in [0.2, 0.25) is 0 Å². The molecular weight excluding hydrogens is 387 g/mol. The molecular formula is C19H20BrFN2O2. The highest BCUT2D eigenvalue weighted by molar-refractivity contribution is 9.10. The largest absolute Gasteiger partial charge is 0.492 e. The predicted octanol–water partition coefficient (Wildman–Crippen LogP) is 3.95. The molecule has 25 heavy (non-hydrogen) atoms. The summed E-state index contributed by atoms with van der Waals surface area (Å²) in [5.74, 6) is 0.0941. The molecule has 0 aromatic heterocycles. The van der Waals surface area contributed by atoms with Gasteiger partial charge in [-0.15, -0.1) is 0 Å². The van der Waals surface area contributed by atoms with Crippen molar-refractivity contribution >= 4 is 27.5 Å². The smallest absolute Gasteiger partial charge is 0.256 e. The maximum absolute atomic E-state index is 14.0. The van der Waals surface area contributed by atoms with Gasteiger partial charge >= 0.3 is 0 Å². The van der Waals surface area contributed by atoms with Gasteiger partial charge in [-0.1, -0.05) is 28.1 Å². The van der Waals surface area contributed by atoms with Gasteiger partial charge in [0.2, 0.25) is 0 Å². The fourth-order valence-corrected chi connectivity index (χ4v) is 3.34. The summed E-state index contributed by atoms with van der Waals surface area (Å²) in [5.41, 5.74) is 1.14. The van der Waals surface area contributed by atoms with Gasteiger partial charge in [0.05, 0.1) is 17.9 Å². The van der Waals surface area contributed by atoms with E-state index in [0.29, 0.717) is 37.3 Å². The molecule has 1 fully saturated rings. The summed E-state index contributed by atoms with van der Waals surface area (Å²) in [5, 5.41) is 0. The number of amides is 1. The average molecular weight is 407 g/mol. The summed E-state index contributed by atoms with van der Waals surface area (Å²) >= 11 is 3.29.